The van der Waals surface area contributed by atoms with Crippen molar-refractivity contribution in [3.05, 3.63) is 65.7 Å². The van der Waals surface area contributed by atoms with Crippen molar-refractivity contribution in [2.24, 2.45) is 0 Å². The highest BCUT2D eigenvalue weighted by atomic mass is 16.5. The summed E-state index contributed by atoms with van der Waals surface area (Å²) in [5.74, 6) is 0.935. The molecule has 2 aromatic carbocycles. The minimum atomic E-state index is -0.215. The van der Waals surface area contributed by atoms with Gasteiger partial charge in [0.2, 0.25) is 5.91 Å². The number of nitrogens with zero attached hydrogens (tertiary/aromatic N) is 1. The number of rotatable bonds is 5. The third-order valence-corrected chi connectivity index (χ3v) is 3.39. The lowest BCUT2D eigenvalue weighted by Gasteiger charge is -2.21. The monoisotopic (exact) mass is 311 g/mol. The predicted molar refractivity (Wildman–Crippen MR) is 93.4 cm³/mol. The fourth-order valence-electron chi connectivity index (χ4n) is 2.28. The summed E-state index contributed by atoms with van der Waals surface area (Å²) in [5, 5.41) is 0. The van der Waals surface area contributed by atoms with Gasteiger partial charge in [0.25, 0.3) is 0 Å². The highest BCUT2D eigenvalue weighted by Gasteiger charge is 2.13. The standard InChI is InChI=1S/C20H25NO2/c1-20(2,3)23-18-12-10-16(11-13-18)14-19(22)21(4)15-17-8-6-5-7-9-17/h5-13H,14-15H2,1-4H3. The van der Waals surface area contributed by atoms with Crippen LogP contribution in [-0.2, 0) is 17.8 Å². The summed E-state index contributed by atoms with van der Waals surface area (Å²) in [6.07, 6.45) is 0.402. The molecule has 2 rings (SSSR count). The second-order valence-corrected chi connectivity index (χ2v) is 6.77. The molecule has 0 aliphatic rings. The highest BCUT2D eigenvalue weighted by Crippen LogP contribution is 2.19. The van der Waals surface area contributed by atoms with Crippen molar-refractivity contribution in [3.63, 3.8) is 0 Å². The van der Waals surface area contributed by atoms with Gasteiger partial charge in [-0.3, -0.25) is 4.79 Å². The number of benzene rings is 2. The minimum absolute atomic E-state index is 0.110. The predicted octanol–water partition coefficient (Wildman–Crippen LogP) is 4.07. The highest BCUT2D eigenvalue weighted by molar-refractivity contribution is 5.78. The summed E-state index contributed by atoms with van der Waals surface area (Å²) in [6.45, 7) is 6.68. The van der Waals surface area contributed by atoms with E-state index in [1.807, 2.05) is 82.4 Å². The molecule has 2 aromatic rings. The molecule has 1 amide bonds. The van der Waals surface area contributed by atoms with E-state index in [0.29, 0.717) is 13.0 Å². The Morgan fingerprint density at radius 2 is 1.57 bits per heavy atom. The van der Waals surface area contributed by atoms with E-state index in [1.54, 1.807) is 4.90 Å². The van der Waals surface area contributed by atoms with Crippen LogP contribution in [0.5, 0.6) is 5.75 Å². The summed E-state index contributed by atoms with van der Waals surface area (Å²) >= 11 is 0. The molecule has 0 radical (unpaired) electrons. The molecule has 0 spiro atoms. The van der Waals surface area contributed by atoms with E-state index in [9.17, 15) is 4.79 Å². The maximum atomic E-state index is 12.3. The van der Waals surface area contributed by atoms with Gasteiger partial charge in [-0.05, 0) is 44.0 Å². The van der Waals surface area contributed by atoms with E-state index in [0.717, 1.165) is 16.9 Å². The quantitative estimate of drug-likeness (QED) is 0.833. The minimum Gasteiger partial charge on any atom is -0.488 e. The lowest BCUT2D eigenvalue weighted by atomic mass is 10.1. The molecular weight excluding hydrogens is 286 g/mol. The lowest BCUT2D eigenvalue weighted by molar-refractivity contribution is -0.129. The summed E-state index contributed by atoms with van der Waals surface area (Å²) in [7, 11) is 1.84. The topological polar surface area (TPSA) is 29.5 Å². The van der Waals surface area contributed by atoms with Crippen LogP contribution in [0.2, 0.25) is 0 Å². The van der Waals surface area contributed by atoms with Crippen LogP contribution in [-0.4, -0.2) is 23.5 Å². The van der Waals surface area contributed by atoms with Crippen LogP contribution < -0.4 is 4.74 Å². The third kappa shape index (κ3) is 5.78. The molecule has 0 aliphatic heterocycles. The molecular formula is C20H25NO2. The third-order valence-electron chi connectivity index (χ3n) is 3.39. The van der Waals surface area contributed by atoms with Crippen LogP contribution >= 0.6 is 0 Å². The second-order valence-electron chi connectivity index (χ2n) is 6.77. The van der Waals surface area contributed by atoms with Crippen LogP contribution in [0.1, 0.15) is 31.9 Å². The smallest absolute Gasteiger partial charge is 0.227 e. The Balaban J connectivity index is 1.92. The van der Waals surface area contributed by atoms with Gasteiger partial charge in [0.15, 0.2) is 0 Å². The molecule has 3 heteroatoms. The molecule has 0 saturated heterocycles. The zero-order valence-electron chi connectivity index (χ0n) is 14.4. The van der Waals surface area contributed by atoms with Gasteiger partial charge >= 0.3 is 0 Å². The Morgan fingerprint density at radius 3 is 2.13 bits per heavy atom. The second kappa shape index (κ2) is 7.32. The van der Waals surface area contributed by atoms with Crippen LogP contribution in [0.3, 0.4) is 0 Å². The average Bonchev–Trinajstić information content (AvgIpc) is 2.48. The SMILES string of the molecule is CN(Cc1ccccc1)C(=O)Cc1ccc(OC(C)(C)C)cc1. The molecule has 0 unspecified atom stereocenters. The molecule has 0 N–H and O–H groups in total. The first-order valence-corrected chi connectivity index (χ1v) is 7.89. The lowest BCUT2D eigenvalue weighted by Crippen LogP contribution is -2.27. The van der Waals surface area contributed by atoms with Gasteiger partial charge in [-0.15, -0.1) is 0 Å². The number of carbonyl (C=O) groups excluding carboxylic acids is 1. The Hall–Kier alpha value is -2.29. The van der Waals surface area contributed by atoms with Crippen molar-refractivity contribution < 1.29 is 9.53 Å². The van der Waals surface area contributed by atoms with Gasteiger partial charge in [0, 0.05) is 13.6 Å². The fraction of sp³-hybridized carbons (Fsp3) is 0.350. The van der Waals surface area contributed by atoms with Gasteiger partial charge in [-0.1, -0.05) is 42.5 Å². The Kier molecular flexibility index (Phi) is 5.43. The Bertz CT molecular complexity index is 627. The first-order valence-electron chi connectivity index (χ1n) is 7.89. The maximum Gasteiger partial charge on any atom is 0.227 e. The first-order chi connectivity index (χ1) is 10.8. The summed E-state index contributed by atoms with van der Waals surface area (Å²) < 4.78 is 5.79. The molecule has 0 saturated carbocycles. The molecule has 0 fully saturated rings. The summed E-state index contributed by atoms with van der Waals surface area (Å²) in [4.78, 5) is 14.1. The van der Waals surface area contributed by atoms with E-state index in [4.69, 9.17) is 4.74 Å². The van der Waals surface area contributed by atoms with E-state index >= 15 is 0 Å². The van der Waals surface area contributed by atoms with Gasteiger partial charge in [0.1, 0.15) is 11.4 Å². The molecule has 0 bridgehead atoms. The van der Waals surface area contributed by atoms with Crippen molar-refractivity contribution in [2.75, 3.05) is 7.05 Å². The van der Waals surface area contributed by atoms with Crippen LogP contribution in [0, 0.1) is 0 Å². The molecule has 0 atom stereocenters. The maximum absolute atomic E-state index is 12.3. The number of hydrogen-bond donors (Lipinski definition) is 0. The van der Waals surface area contributed by atoms with Crippen molar-refractivity contribution in [1.82, 2.24) is 4.90 Å². The number of amides is 1. The number of likely N-dealkylation sites (N-methyl/N-ethyl adjacent to an activating group) is 1. The van der Waals surface area contributed by atoms with Crippen molar-refractivity contribution in [2.45, 2.75) is 39.3 Å². The fourth-order valence-corrected chi connectivity index (χ4v) is 2.28. The first kappa shape index (κ1) is 17.1. The van der Waals surface area contributed by atoms with Crippen LogP contribution in [0.15, 0.2) is 54.6 Å². The Labute approximate surface area is 138 Å². The van der Waals surface area contributed by atoms with Crippen molar-refractivity contribution in [1.29, 1.82) is 0 Å². The number of carbonyl (C=O) groups is 1. The number of hydrogen-bond acceptors (Lipinski definition) is 2. The largest absolute Gasteiger partial charge is 0.488 e. The average molecular weight is 311 g/mol. The molecule has 3 nitrogen and oxygen atoms in total. The van der Waals surface area contributed by atoms with Gasteiger partial charge < -0.3 is 9.64 Å². The van der Waals surface area contributed by atoms with Gasteiger partial charge in [-0.25, -0.2) is 0 Å². The zero-order valence-corrected chi connectivity index (χ0v) is 14.4. The van der Waals surface area contributed by atoms with Crippen LogP contribution in [0.4, 0.5) is 0 Å². The van der Waals surface area contributed by atoms with E-state index in [1.165, 1.54) is 0 Å². The van der Waals surface area contributed by atoms with Crippen molar-refractivity contribution in [3.8, 4) is 5.75 Å². The Morgan fingerprint density at radius 1 is 0.957 bits per heavy atom. The molecule has 0 aliphatic carbocycles. The summed E-state index contributed by atoms with van der Waals surface area (Å²) in [5.41, 5.74) is 1.92. The van der Waals surface area contributed by atoms with Crippen molar-refractivity contribution >= 4 is 5.91 Å². The van der Waals surface area contributed by atoms with E-state index in [-0.39, 0.29) is 11.5 Å². The molecule has 23 heavy (non-hydrogen) atoms. The molecule has 0 aromatic heterocycles. The molecule has 122 valence electrons. The van der Waals surface area contributed by atoms with E-state index in [2.05, 4.69) is 0 Å². The summed E-state index contributed by atoms with van der Waals surface area (Å²) in [6, 6.07) is 17.8. The van der Waals surface area contributed by atoms with Gasteiger partial charge in [0.05, 0.1) is 6.42 Å². The number of ether oxygens (including phenoxy) is 1. The van der Waals surface area contributed by atoms with E-state index < -0.39 is 0 Å². The zero-order chi connectivity index (χ0) is 16.9. The van der Waals surface area contributed by atoms with Crippen LogP contribution in [0.25, 0.3) is 0 Å². The normalized spacial score (nSPS) is 11.1. The molecule has 0 heterocycles. The van der Waals surface area contributed by atoms with Gasteiger partial charge in [-0.2, -0.15) is 0 Å².